The minimum absolute atomic E-state index is 0.0465. The van der Waals surface area contributed by atoms with Crippen LogP contribution in [0.15, 0.2) is 47.8 Å². The number of aromatic nitrogens is 2. The van der Waals surface area contributed by atoms with E-state index in [1.54, 1.807) is 19.1 Å². The largest absolute Gasteiger partial charge is 0.416 e. The maximum absolute atomic E-state index is 13.0. The van der Waals surface area contributed by atoms with Crippen LogP contribution in [-0.4, -0.2) is 33.4 Å². The predicted molar refractivity (Wildman–Crippen MR) is 103 cm³/mol. The van der Waals surface area contributed by atoms with Gasteiger partial charge in [0.1, 0.15) is 6.04 Å². The summed E-state index contributed by atoms with van der Waals surface area (Å²) in [6, 6.07) is 9.02. The van der Waals surface area contributed by atoms with Crippen LogP contribution in [0, 0.1) is 6.92 Å². The number of hydrogen-bond acceptors (Lipinski definition) is 4. The first-order chi connectivity index (χ1) is 13.6. The molecule has 1 aromatic carbocycles. The summed E-state index contributed by atoms with van der Waals surface area (Å²) in [6.07, 6.45) is -4.48. The molecule has 0 spiro atoms. The number of alkyl halides is 3. The molecule has 1 atom stereocenters. The Morgan fingerprint density at radius 3 is 2.48 bits per heavy atom. The first-order valence-corrected chi connectivity index (χ1v) is 9.53. The molecule has 3 rings (SSSR count). The third kappa shape index (κ3) is 4.24. The Kier molecular flexibility index (Phi) is 5.61. The molecule has 0 radical (unpaired) electrons. The smallest absolute Gasteiger partial charge is 0.325 e. The van der Waals surface area contributed by atoms with Gasteiger partial charge >= 0.3 is 6.18 Å². The molecule has 0 N–H and O–H groups in total. The van der Waals surface area contributed by atoms with Crippen molar-refractivity contribution in [2.24, 2.45) is 0 Å². The van der Waals surface area contributed by atoms with E-state index in [9.17, 15) is 22.8 Å². The van der Waals surface area contributed by atoms with Gasteiger partial charge in [-0.3, -0.25) is 9.59 Å². The number of amides is 1. The zero-order chi connectivity index (χ0) is 21.3. The van der Waals surface area contributed by atoms with Gasteiger partial charge in [-0.15, -0.1) is 11.3 Å². The molecule has 1 unspecified atom stereocenters. The number of hydrogen-bond donors (Lipinski definition) is 0. The monoisotopic (exact) mass is 421 g/mol. The summed E-state index contributed by atoms with van der Waals surface area (Å²) in [5, 5.41) is 6.01. The van der Waals surface area contributed by atoms with Gasteiger partial charge in [0.2, 0.25) is 0 Å². The van der Waals surface area contributed by atoms with Gasteiger partial charge in [0.15, 0.2) is 11.5 Å². The Morgan fingerprint density at radius 1 is 1.17 bits per heavy atom. The highest BCUT2D eigenvalue weighted by Gasteiger charge is 2.31. The maximum Gasteiger partial charge on any atom is 0.416 e. The Morgan fingerprint density at radius 2 is 1.90 bits per heavy atom. The van der Waals surface area contributed by atoms with Crippen molar-refractivity contribution < 1.29 is 22.8 Å². The number of nitrogens with zero attached hydrogens (tertiary/aromatic N) is 3. The number of thiophene rings is 1. The summed E-state index contributed by atoms with van der Waals surface area (Å²) in [5.41, 5.74) is -0.0635. The molecule has 0 fully saturated rings. The Labute approximate surface area is 169 Å². The second kappa shape index (κ2) is 7.82. The number of likely N-dealkylation sites (N-methyl/N-ethyl adjacent to an activating group) is 1. The van der Waals surface area contributed by atoms with Crippen molar-refractivity contribution in [3.05, 3.63) is 69.7 Å². The van der Waals surface area contributed by atoms with E-state index in [2.05, 4.69) is 5.10 Å². The normalized spacial score (nSPS) is 12.6. The van der Waals surface area contributed by atoms with Crippen LogP contribution in [0.25, 0.3) is 5.69 Å². The van der Waals surface area contributed by atoms with E-state index in [4.69, 9.17) is 0 Å². The molecular formula is C20H18F3N3O2S. The Bertz CT molecular complexity index is 1040. The molecule has 152 valence electrons. The van der Waals surface area contributed by atoms with Crippen LogP contribution < -0.4 is 0 Å². The van der Waals surface area contributed by atoms with E-state index in [0.717, 1.165) is 17.0 Å². The van der Waals surface area contributed by atoms with Gasteiger partial charge in [0, 0.05) is 17.6 Å². The SMILES string of the molecule is CC(=O)C(c1cccs1)N(C)C(=O)c1cc(C)n(-c2cccc(C(F)(F)F)c2)n1. The van der Waals surface area contributed by atoms with E-state index < -0.39 is 23.7 Å². The summed E-state index contributed by atoms with van der Waals surface area (Å²) in [6.45, 7) is 3.05. The van der Waals surface area contributed by atoms with E-state index in [1.165, 1.54) is 53.1 Å². The Balaban J connectivity index is 1.94. The number of rotatable bonds is 5. The minimum atomic E-state index is -4.48. The van der Waals surface area contributed by atoms with Crippen molar-refractivity contribution in [3.8, 4) is 5.69 Å². The van der Waals surface area contributed by atoms with Gasteiger partial charge in [-0.2, -0.15) is 18.3 Å². The van der Waals surface area contributed by atoms with E-state index in [1.807, 2.05) is 5.38 Å². The standard InChI is InChI=1S/C20H18F3N3O2S/c1-12-10-16(19(28)25(3)18(13(2)27)17-8-5-9-29-17)24-26(12)15-7-4-6-14(11-15)20(21,22)23/h4-11,18H,1-3H3. The number of aryl methyl sites for hydroxylation is 1. The number of Topliss-reactive ketones (excluding diaryl/α,β-unsaturated/α-hetero) is 1. The van der Waals surface area contributed by atoms with E-state index >= 15 is 0 Å². The molecule has 9 heteroatoms. The summed E-state index contributed by atoms with van der Waals surface area (Å²) < 4.78 is 40.3. The molecule has 29 heavy (non-hydrogen) atoms. The van der Waals surface area contributed by atoms with Gasteiger partial charge in [0.25, 0.3) is 5.91 Å². The molecular weight excluding hydrogens is 403 g/mol. The summed E-state index contributed by atoms with van der Waals surface area (Å²) in [5.74, 6) is -0.690. The molecule has 0 aliphatic carbocycles. The van der Waals surface area contributed by atoms with Crippen molar-refractivity contribution >= 4 is 23.0 Å². The lowest BCUT2D eigenvalue weighted by Crippen LogP contribution is -2.34. The van der Waals surface area contributed by atoms with Gasteiger partial charge in [-0.05, 0) is 49.6 Å². The zero-order valence-corrected chi connectivity index (χ0v) is 16.7. The van der Waals surface area contributed by atoms with Gasteiger partial charge in [-0.1, -0.05) is 12.1 Å². The molecule has 1 amide bonds. The summed E-state index contributed by atoms with van der Waals surface area (Å²) >= 11 is 1.36. The minimum Gasteiger partial charge on any atom is -0.325 e. The summed E-state index contributed by atoms with van der Waals surface area (Å²) in [7, 11) is 1.51. The highest BCUT2D eigenvalue weighted by Crippen LogP contribution is 2.31. The van der Waals surface area contributed by atoms with Crippen LogP contribution in [-0.2, 0) is 11.0 Å². The molecule has 0 aliphatic rings. The molecule has 0 aliphatic heterocycles. The van der Waals surface area contributed by atoms with Crippen LogP contribution in [0.2, 0.25) is 0 Å². The predicted octanol–water partition coefficient (Wildman–Crippen LogP) is 4.66. The third-order valence-electron chi connectivity index (χ3n) is 4.43. The third-order valence-corrected chi connectivity index (χ3v) is 5.35. The van der Waals surface area contributed by atoms with Gasteiger partial charge in [0.05, 0.1) is 11.3 Å². The molecule has 3 aromatic rings. The van der Waals surface area contributed by atoms with Crippen molar-refractivity contribution in [3.63, 3.8) is 0 Å². The van der Waals surface area contributed by atoms with Gasteiger partial charge in [-0.25, -0.2) is 4.68 Å². The molecule has 5 nitrogen and oxygen atoms in total. The van der Waals surface area contributed by atoms with Crippen LogP contribution in [0.4, 0.5) is 13.2 Å². The number of carbonyl (C=O) groups excluding carboxylic acids is 2. The first kappa shape index (κ1) is 20.8. The van der Waals surface area contributed by atoms with Gasteiger partial charge < -0.3 is 4.90 Å². The van der Waals surface area contributed by atoms with Crippen molar-refractivity contribution in [1.82, 2.24) is 14.7 Å². The summed E-state index contributed by atoms with van der Waals surface area (Å²) in [4.78, 5) is 27.1. The fraction of sp³-hybridized carbons (Fsp3) is 0.250. The maximum atomic E-state index is 13.0. The molecule has 0 saturated heterocycles. The molecule has 0 saturated carbocycles. The topological polar surface area (TPSA) is 55.2 Å². The van der Waals surface area contributed by atoms with Crippen molar-refractivity contribution in [2.45, 2.75) is 26.1 Å². The molecule has 2 aromatic heterocycles. The number of carbonyl (C=O) groups is 2. The highest BCUT2D eigenvalue weighted by atomic mass is 32.1. The van der Waals surface area contributed by atoms with Crippen LogP contribution >= 0.6 is 11.3 Å². The number of benzene rings is 1. The first-order valence-electron chi connectivity index (χ1n) is 8.65. The molecule has 0 bridgehead atoms. The van der Waals surface area contributed by atoms with E-state index in [-0.39, 0.29) is 17.2 Å². The lowest BCUT2D eigenvalue weighted by atomic mass is 10.1. The van der Waals surface area contributed by atoms with Crippen molar-refractivity contribution in [1.29, 1.82) is 0 Å². The lowest BCUT2D eigenvalue weighted by molar-refractivity contribution is -0.137. The second-order valence-corrected chi connectivity index (χ2v) is 7.55. The van der Waals surface area contributed by atoms with Crippen LogP contribution in [0.3, 0.4) is 0 Å². The fourth-order valence-electron chi connectivity index (χ4n) is 3.06. The second-order valence-electron chi connectivity index (χ2n) is 6.58. The zero-order valence-electron chi connectivity index (χ0n) is 15.9. The average molecular weight is 421 g/mol. The Hall–Kier alpha value is -2.94. The van der Waals surface area contributed by atoms with Crippen LogP contribution in [0.5, 0.6) is 0 Å². The quantitative estimate of drug-likeness (QED) is 0.602. The number of ketones is 1. The fourth-order valence-corrected chi connectivity index (χ4v) is 3.99. The van der Waals surface area contributed by atoms with E-state index in [0.29, 0.717) is 5.69 Å². The average Bonchev–Trinajstić information content (AvgIpc) is 3.30. The number of halogens is 3. The molecule has 2 heterocycles. The van der Waals surface area contributed by atoms with Crippen LogP contribution in [0.1, 0.15) is 39.6 Å². The lowest BCUT2D eigenvalue weighted by Gasteiger charge is -2.24. The van der Waals surface area contributed by atoms with Crippen molar-refractivity contribution in [2.75, 3.05) is 7.05 Å². The highest BCUT2D eigenvalue weighted by molar-refractivity contribution is 7.10.